The zero-order valence-electron chi connectivity index (χ0n) is 21.2. The Labute approximate surface area is 232 Å². The number of halogens is 1. The average Bonchev–Trinajstić information content (AvgIpc) is 3.24. The van der Waals surface area contributed by atoms with Crippen molar-refractivity contribution >= 4 is 49.6 Å². The number of fused-ring (bicyclic) bond motifs is 2. The minimum Gasteiger partial charge on any atom is -0.298 e. The Kier molecular flexibility index (Phi) is 6.56. The summed E-state index contributed by atoms with van der Waals surface area (Å²) >= 11 is 3.48. The van der Waals surface area contributed by atoms with E-state index in [4.69, 9.17) is 10.1 Å². The maximum atomic E-state index is 13.7. The maximum absolute atomic E-state index is 13.7. The number of aromatic nitrogens is 4. The summed E-state index contributed by atoms with van der Waals surface area (Å²) in [5.41, 5.74) is 2.98. The molecule has 10 heteroatoms. The van der Waals surface area contributed by atoms with Gasteiger partial charge in [-0.25, -0.2) is 9.97 Å². The van der Waals surface area contributed by atoms with E-state index in [2.05, 4.69) is 20.9 Å². The minimum absolute atomic E-state index is 0.0697. The summed E-state index contributed by atoms with van der Waals surface area (Å²) in [6.07, 6.45) is 8.35. The van der Waals surface area contributed by atoms with Crippen molar-refractivity contribution in [2.24, 2.45) is 5.10 Å². The molecule has 6 rings (SSSR count). The molecule has 2 aromatic carbocycles. The molecule has 0 saturated heterocycles. The van der Waals surface area contributed by atoms with Crippen molar-refractivity contribution in [2.75, 3.05) is 0 Å². The summed E-state index contributed by atoms with van der Waals surface area (Å²) in [6, 6.07) is 16.5. The van der Waals surface area contributed by atoms with Crippen LogP contribution < -0.4 is 5.56 Å². The van der Waals surface area contributed by atoms with Gasteiger partial charge in [0.2, 0.25) is 0 Å². The third-order valence-corrected chi connectivity index (χ3v) is 7.93. The van der Waals surface area contributed by atoms with Crippen molar-refractivity contribution in [1.82, 2.24) is 19.2 Å². The van der Waals surface area contributed by atoms with E-state index < -0.39 is 4.92 Å². The molecule has 1 fully saturated rings. The lowest BCUT2D eigenvalue weighted by Crippen LogP contribution is -2.25. The maximum Gasteiger partial charge on any atom is 0.287 e. The van der Waals surface area contributed by atoms with Crippen LogP contribution in [0.1, 0.15) is 55.1 Å². The zero-order valence-corrected chi connectivity index (χ0v) is 22.8. The SMILES string of the molecule is Cc1c(C=Nn2c(C3CCCCC3)nc3ccc(Br)cc3c2=O)c2ccccc2n1-c1ccc([N+](=O)[O-])cn1. The van der Waals surface area contributed by atoms with Crippen LogP contribution in [0.5, 0.6) is 0 Å². The van der Waals surface area contributed by atoms with Crippen LogP contribution in [0.4, 0.5) is 5.69 Å². The molecule has 0 unspecified atom stereocenters. The number of benzene rings is 2. The molecular weight excluding hydrogens is 560 g/mol. The first-order valence-electron chi connectivity index (χ1n) is 12.9. The number of nitrogens with zero attached hydrogens (tertiary/aromatic N) is 6. The summed E-state index contributed by atoms with van der Waals surface area (Å²) in [6.45, 7) is 1.95. The molecule has 39 heavy (non-hydrogen) atoms. The summed E-state index contributed by atoms with van der Waals surface area (Å²) in [7, 11) is 0. The van der Waals surface area contributed by atoms with E-state index in [1.165, 1.54) is 23.4 Å². The summed E-state index contributed by atoms with van der Waals surface area (Å²) in [4.78, 5) is 33.7. The van der Waals surface area contributed by atoms with Crippen molar-refractivity contribution in [2.45, 2.75) is 44.9 Å². The molecule has 0 radical (unpaired) electrons. The van der Waals surface area contributed by atoms with E-state index in [9.17, 15) is 14.9 Å². The largest absolute Gasteiger partial charge is 0.298 e. The van der Waals surface area contributed by atoms with E-state index in [1.54, 1.807) is 18.3 Å². The highest BCUT2D eigenvalue weighted by Crippen LogP contribution is 2.32. The fourth-order valence-corrected chi connectivity index (χ4v) is 5.85. The van der Waals surface area contributed by atoms with Gasteiger partial charge in [0.15, 0.2) is 0 Å². The normalized spacial score (nSPS) is 14.5. The lowest BCUT2D eigenvalue weighted by atomic mass is 9.88. The van der Waals surface area contributed by atoms with Gasteiger partial charge in [0.25, 0.3) is 11.2 Å². The molecule has 5 aromatic rings. The molecule has 0 atom stereocenters. The first kappa shape index (κ1) is 25.1. The highest BCUT2D eigenvalue weighted by Gasteiger charge is 2.23. The van der Waals surface area contributed by atoms with Gasteiger partial charge < -0.3 is 0 Å². The van der Waals surface area contributed by atoms with E-state index in [1.807, 2.05) is 47.9 Å². The second-order valence-corrected chi connectivity index (χ2v) is 10.7. The first-order chi connectivity index (χ1) is 18.9. The molecule has 0 spiro atoms. The summed E-state index contributed by atoms with van der Waals surface area (Å²) in [5.74, 6) is 1.43. The molecule has 0 bridgehead atoms. The number of hydrogen-bond donors (Lipinski definition) is 0. The van der Waals surface area contributed by atoms with Gasteiger partial charge in [0, 0.05) is 33.1 Å². The van der Waals surface area contributed by atoms with Gasteiger partial charge >= 0.3 is 0 Å². The highest BCUT2D eigenvalue weighted by atomic mass is 79.9. The summed E-state index contributed by atoms with van der Waals surface area (Å²) in [5, 5.41) is 17.3. The monoisotopic (exact) mass is 584 g/mol. The summed E-state index contributed by atoms with van der Waals surface area (Å²) < 4.78 is 4.23. The fourth-order valence-electron chi connectivity index (χ4n) is 5.49. The molecular formula is C29H25BrN6O3. The molecule has 1 aliphatic rings. The van der Waals surface area contributed by atoms with E-state index >= 15 is 0 Å². The average molecular weight is 585 g/mol. The molecule has 3 aromatic heterocycles. The standard InChI is InChI=1S/C29H25BrN6O3/c1-18-24(22-9-5-6-10-26(22)34(18)27-14-12-21(16-31-27)36(38)39)17-32-35-28(19-7-3-2-4-8-19)33-25-13-11-20(30)15-23(25)29(35)37/h5-6,9-17,19H,2-4,7-8H2,1H3. The third-order valence-electron chi connectivity index (χ3n) is 7.44. The van der Waals surface area contributed by atoms with E-state index in [0.717, 1.165) is 52.3 Å². The Morgan fingerprint density at radius 1 is 1.08 bits per heavy atom. The topological polar surface area (TPSA) is 108 Å². The van der Waals surface area contributed by atoms with Crippen LogP contribution in [0, 0.1) is 17.0 Å². The van der Waals surface area contributed by atoms with Crippen molar-refractivity contribution in [3.8, 4) is 5.82 Å². The fraction of sp³-hybridized carbons (Fsp3) is 0.241. The number of nitro groups is 1. The Balaban J connectivity index is 1.52. The minimum atomic E-state index is -0.465. The van der Waals surface area contributed by atoms with Crippen LogP contribution in [0.25, 0.3) is 27.6 Å². The van der Waals surface area contributed by atoms with Crippen molar-refractivity contribution in [1.29, 1.82) is 0 Å². The number of rotatable bonds is 5. The first-order valence-corrected chi connectivity index (χ1v) is 13.7. The smallest absolute Gasteiger partial charge is 0.287 e. The number of hydrogen-bond acceptors (Lipinski definition) is 6. The second kappa shape index (κ2) is 10.2. The highest BCUT2D eigenvalue weighted by molar-refractivity contribution is 9.10. The van der Waals surface area contributed by atoms with Crippen LogP contribution >= 0.6 is 15.9 Å². The number of pyridine rings is 1. The van der Waals surface area contributed by atoms with Crippen LogP contribution in [-0.4, -0.2) is 30.3 Å². The zero-order chi connectivity index (χ0) is 27.1. The molecule has 1 saturated carbocycles. The van der Waals surface area contributed by atoms with Crippen LogP contribution in [0.2, 0.25) is 0 Å². The van der Waals surface area contributed by atoms with Crippen molar-refractivity contribution in [3.05, 3.63) is 103 Å². The van der Waals surface area contributed by atoms with Crippen LogP contribution in [0.15, 0.2) is 75.2 Å². The predicted molar refractivity (Wildman–Crippen MR) is 155 cm³/mol. The van der Waals surface area contributed by atoms with Gasteiger partial charge in [-0.05, 0) is 50.1 Å². The van der Waals surface area contributed by atoms with Gasteiger partial charge in [-0.2, -0.15) is 9.78 Å². The van der Waals surface area contributed by atoms with Gasteiger partial charge in [-0.3, -0.25) is 19.5 Å². The Morgan fingerprint density at radius 2 is 1.87 bits per heavy atom. The third kappa shape index (κ3) is 4.54. The Morgan fingerprint density at radius 3 is 2.62 bits per heavy atom. The van der Waals surface area contributed by atoms with Gasteiger partial charge in [-0.1, -0.05) is 53.4 Å². The van der Waals surface area contributed by atoms with Crippen molar-refractivity contribution in [3.63, 3.8) is 0 Å². The van der Waals surface area contributed by atoms with Crippen LogP contribution in [-0.2, 0) is 0 Å². The van der Waals surface area contributed by atoms with E-state index in [0.29, 0.717) is 22.5 Å². The Hall–Kier alpha value is -4.18. The molecule has 0 amide bonds. The Bertz CT molecular complexity index is 1820. The lowest BCUT2D eigenvalue weighted by molar-refractivity contribution is -0.385. The van der Waals surface area contributed by atoms with Crippen molar-refractivity contribution < 1.29 is 4.92 Å². The van der Waals surface area contributed by atoms with E-state index in [-0.39, 0.29) is 17.2 Å². The lowest BCUT2D eigenvalue weighted by Gasteiger charge is -2.22. The molecule has 0 aliphatic heterocycles. The number of para-hydroxylation sites is 1. The quantitative estimate of drug-likeness (QED) is 0.131. The molecule has 196 valence electrons. The van der Waals surface area contributed by atoms with Gasteiger partial charge in [0.05, 0.1) is 27.6 Å². The predicted octanol–water partition coefficient (Wildman–Crippen LogP) is 6.64. The molecule has 0 N–H and O–H groups in total. The molecule has 9 nitrogen and oxygen atoms in total. The molecule has 3 heterocycles. The van der Waals surface area contributed by atoms with Crippen LogP contribution in [0.3, 0.4) is 0 Å². The van der Waals surface area contributed by atoms with Gasteiger partial charge in [0.1, 0.15) is 17.8 Å². The van der Waals surface area contributed by atoms with Gasteiger partial charge in [-0.15, -0.1) is 0 Å². The molecule has 1 aliphatic carbocycles. The second-order valence-electron chi connectivity index (χ2n) is 9.81.